The van der Waals surface area contributed by atoms with Gasteiger partial charge in [-0.3, -0.25) is 19.3 Å². The van der Waals surface area contributed by atoms with Crippen LogP contribution in [0, 0.1) is 5.92 Å². The van der Waals surface area contributed by atoms with Gasteiger partial charge in [0.25, 0.3) is 5.91 Å². The van der Waals surface area contributed by atoms with Crippen LogP contribution in [0.3, 0.4) is 0 Å². The molecule has 6 nitrogen and oxygen atoms in total. The number of carbonyl (C=O) groups excluding carboxylic acids is 3. The van der Waals surface area contributed by atoms with Crippen LogP contribution in [-0.2, 0) is 14.3 Å². The number of benzene rings is 1. The third kappa shape index (κ3) is 3.00. The minimum Gasteiger partial charge on any atom is -0.497 e. The summed E-state index contributed by atoms with van der Waals surface area (Å²) in [7, 11) is 1.56. The molecule has 2 amide bonds. The fourth-order valence-electron chi connectivity index (χ4n) is 3.80. The fraction of sp³-hybridized carbons (Fsp3) is 0.500. The van der Waals surface area contributed by atoms with E-state index in [4.69, 9.17) is 9.47 Å². The molecule has 0 spiro atoms. The van der Waals surface area contributed by atoms with E-state index in [9.17, 15) is 14.4 Å². The van der Waals surface area contributed by atoms with Crippen LogP contribution in [0.2, 0.25) is 0 Å². The smallest absolute Gasteiger partial charge is 0.302 e. The van der Waals surface area contributed by atoms with Gasteiger partial charge >= 0.3 is 5.97 Å². The maximum atomic E-state index is 12.8. The fourth-order valence-corrected chi connectivity index (χ4v) is 3.80. The minimum atomic E-state index is -0.314. The molecule has 1 aliphatic heterocycles. The molecule has 3 unspecified atom stereocenters. The summed E-state index contributed by atoms with van der Waals surface area (Å²) in [6.07, 6.45) is 2.13. The molecule has 3 rings (SSSR count). The van der Waals surface area contributed by atoms with E-state index in [0.717, 1.165) is 0 Å². The number of likely N-dealkylation sites (tertiary alicyclic amines) is 1. The topological polar surface area (TPSA) is 72.9 Å². The molecule has 1 aliphatic carbocycles. The van der Waals surface area contributed by atoms with E-state index in [0.29, 0.717) is 37.0 Å². The summed E-state index contributed by atoms with van der Waals surface area (Å²) in [4.78, 5) is 37.8. The van der Waals surface area contributed by atoms with Gasteiger partial charge in [-0.25, -0.2) is 0 Å². The van der Waals surface area contributed by atoms with Crippen molar-refractivity contribution in [2.45, 2.75) is 44.8 Å². The molecule has 1 aromatic carbocycles. The highest BCUT2D eigenvalue weighted by Gasteiger charge is 2.47. The Morgan fingerprint density at radius 2 is 1.83 bits per heavy atom. The first-order valence-corrected chi connectivity index (χ1v) is 8.19. The Morgan fingerprint density at radius 3 is 2.46 bits per heavy atom. The second kappa shape index (κ2) is 6.63. The van der Waals surface area contributed by atoms with Crippen molar-refractivity contribution in [2.75, 3.05) is 7.11 Å². The van der Waals surface area contributed by atoms with Gasteiger partial charge in [-0.1, -0.05) is 0 Å². The van der Waals surface area contributed by atoms with E-state index >= 15 is 0 Å². The lowest BCUT2D eigenvalue weighted by molar-refractivity contribution is -0.149. The van der Waals surface area contributed by atoms with Crippen LogP contribution in [0.15, 0.2) is 24.3 Å². The minimum absolute atomic E-state index is 0.0359. The quantitative estimate of drug-likeness (QED) is 0.627. The molecule has 2 fully saturated rings. The average molecular weight is 331 g/mol. The van der Waals surface area contributed by atoms with Crippen molar-refractivity contribution in [3.8, 4) is 5.75 Å². The molecule has 2 aliphatic rings. The van der Waals surface area contributed by atoms with E-state index in [2.05, 4.69) is 0 Å². The number of piperidine rings is 1. The Balaban J connectivity index is 1.81. The molecule has 0 radical (unpaired) electrons. The standard InChI is InChI=1S/C18H21NO5/c1-11(20)24-16-9-8-15-14(16)7-10-17(21)19(15)18(22)12-3-5-13(23-2)6-4-12/h3-6,14-16H,7-10H2,1-2H3. The van der Waals surface area contributed by atoms with E-state index in [1.54, 1.807) is 31.4 Å². The Kier molecular flexibility index (Phi) is 4.55. The zero-order chi connectivity index (χ0) is 17.3. The normalized spacial score (nSPS) is 26.0. The van der Waals surface area contributed by atoms with E-state index < -0.39 is 0 Å². The van der Waals surface area contributed by atoms with Crippen molar-refractivity contribution < 1.29 is 23.9 Å². The van der Waals surface area contributed by atoms with Crippen LogP contribution < -0.4 is 4.74 Å². The van der Waals surface area contributed by atoms with Crippen molar-refractivity contribution in [3.05, 3.63) is 29.8 Å². The molecule has 128 valence electrons. The van der Waals surface area contributed by atoms with Crippen LogP contribution >= 0.6 is 0 Å². The molecule has 1 aromatic rings. The van der Waals surface area contributed by atoms with Gasteiger partial charge < -0.3 is 9.47 Å². The maximum absolute atomic E-state index is 12.8. The molecular formula is C18H21NO5. The monoisotopic (exact) mass is 331 g/mol. The predicted octanol–water partition coefficient (Wildman–Crippen LogP) is 2.17. The number of rotatable bonds is 3. The molecule has 24 heavy (non-hydrogen) atoms. The zero-order valence-electron chi connectivity index (χ0n) is 13.9. The van der Waals surface area contributed by atoms with Gasteiger partial charge in [-0.2, -0.15) is 0 Å². The number of imide groups is 1. The molecule has 3 atom stereocenters. The third-order valence-corrected chi connectivity index (χ3v) is 4.88. The van der Waals surface area contributed by atoms with E-state index in [1.807, 2.05) is 0 Å². The number of amides is 2. The Hall–Kier alpha value is -2.37. The molecule has 1 heterocycles. The van der Waals surface area contributed by atoms with Gasteiger partial charge in [-0.15, -0.1) is 0 Å². The average Bonchev–Trinajstić information content (AvgIpc) is 2.96. The number of esters is 1. The highest BCUT2D eigenvalue weighted by atomic mass is 16.5. The largest absolute Gasteiger partial charge is 0.497 e. The summed E-state index contributed by atoms with van der Waals surface area (Å²) in [5.74, 6) is -0.0639. The van der Waals surface area contributed by atoms with Crippen molar-refractivity contribution >= 4 is 17.8 Å². The first-order valence-electron chi connectivity index (χ1n) is 8.19. The van der Waals surface area contributed by atoms with Gasteiger partial charge in [0.05, 0.1) is 7.11 Å². The van der Waals surface area contributed by atoms with Crippen molar-refractivity contribution in [2.24, 2.45) is 5.92 Å². The number of ether oxygens (including phenoxy) is 2. The number of methoxy groups -OCH3 is 1. The summed E-state index contributed by atoms with van der Waals surface area (Å²) >= 11 is 0. The highest BCUT2D eigenvalue weighted by molar-refractivity contribution is 6.05. The maximum Gasteiger partial charge on any atom is 0.302 e. The lowest BCUT2D eigenvalue weighted by Gasteiger charge is -2.37. The number of carbonyl (C=O) groups is 3. The summed E-state index contributed by atoms with van der Waals surface area (Å²) in [5.41, 5.74) is 0.459. The Morgan fingerprint density at radius 1 is 1.12 bits per heavy atom. The SMILES string of the molecule is COc1ccc(C(=O)N2C(=O)CCC3C(OC(C)=O)CCC32)cc1. The Bertz CT molecular complexity index is 654. The first-order chi connectivity index (χ1) is 11.5. The molecular weight excluding hydrogens is 310 g/mol. The van der Waals surface area contributed by atoms with Gasteiger partial charge in [0.1, 0.15) is 11.9 Å². The Labute approximate surface area is 140 Å². The second-order valence-corrected chi connectivity index (χ2v) is 6.29. The zero-order valence-corrected chi connectivity index (χ0v) is 13.9. The van der Waals surface area contributed by atoms with Crippen LogP contribution in [0.4, 0.5) is 0 Å². The molecule has 0 aromatic heterocycles. The van der Waals surface area contributed by atoms with Crippen molar-refractivity contribution in [1.29, 1.82) is 0 Å². The van der Waals surface area contributed by atoms with Gasteiger partial charge in [-0.05, 0) is 43.5 Å². The number of fused-ring (bicyclic) bond motifs is 1. The van der Waals surface area contributed by atoms with Crippen LogP contribution in [0.25, 0.3) is 0 Å². The van der Waals surface area contributed by atoms with Gasteiger partial charge in [0.15, 0.2) is 0 Å². The lowest BCUT2D eigenvalue weighted by Crippen LogP contribution is -2.51. The van der Waals surface area contributed by atoms with E-state index in [1.165, 1.54) is 11.8 Å². The van der Waals surface area contributed by atoms with Crippen LogP contribution in [0.5, 0.6) is 5.75 Å². The van der Waals surface area contributed by atoms with Crippen LogP contribution in [-0.4, -0.2) is 41.9 Å². The molecule has 1 saturated carbocycles. The lowest BCUT2D eigenvalue weighted by atomic mass is 9.89. The van der Waals surface area contributed by atoms with Crippen LogP contribution in [0.1, 0.15) is 43.0 Å². The summed E-state index contributed by atoms with van der Waals surface area (Å²) in [6, 6.07) is 6.54. The number of nitrogens with zero attached hydrogens (tertiary/aromatic N) is 1. The molecule has 0 N–H and O–H groups in total. The van der Waals surface area contributed by atoms with Gasteiger partial charge in [0, 0.05) is 30.9 Å². The van der Waals surface area contributed by atoms with Crippen molar-refractivity contribution in [3.63, 3.8) is 0 Å². The summed E-state index contributed by atoms with van der Waals surface area (Å²) in [6.45, 7) is 1.39. The molecule has 1 saturated heterocycles. The number of hydrogen-bond acceptors (Lipinski definition) is 5. The first kappa shape index (κ1) is 16.5. The van der Waals surface area contributed by atoms with Gasteiger partial charge in [0.2, 0.25) is 5.91 Å². The summed E-state index contributed by atoms with van der Waals surface area (Å²) in [5, 5.41) is 0. The highest BCUT2D eigenvalue weighted by Crippen LogP contribution is 2.40. The number of hydrogen-bond donors (Lipinski definition) is 0. The second-order valence-electron chi connectivity index (χ2n) is 6.29. The van der Waals surface area contributed by atoms with E-state index in [-0.39, 0.29) is 35.8 Å². The summed E-state index contributed by atoms with van der Waals surface area (Å²) < 4.78 is 10.5. The van der Waals surface area contributed by atoms with Crippen molar-refractivity contribution in [1.82, 2.24) is 4.90 Å². The molecule has 0 bridgehead atoms. The third-order valence-electron chi connectivity index (χ3n) is 4.88. The molecule has 6 heteroatoms. The predicted molar refractivity (Wildman–Crippen MR) is 85.5 cm³/mol.